The lowest BCUT2D eigenvalue weighted by molar-refractivity contribution is -0.137. The van der Waals surface area contributed by atoms with Crippen LogP contribution in [0.3, 0.4) is 0 Å². The number of rotatable bonds is 14. The Balaban J connectivity index is 1.13. The van der Waals surface area contributed by atoms with Gasteiger partial charge in [-0.05, 0) is 110 Å². The molecule has 2 bridgehead atoms. The van der Waals surface area contributed by atoms with Gasteiger partial charge in [-0.3, -0.25) is 4.79 Å². The monoisotopic (exact) mass is 572 g/mol. The van der Waals surface area contributed by atoms with Crippen LogP contribution >= 0.6 is 0 Å². The second kappa shape index (κ2) is 12.3. The van der Waals surface area contributed by atoms with Gasteiger partial charge in [0.05, 0.1) is 5.60 Å². The van der Waals surface area contributed by atoms with E-state index in [4.69, 9.17) is 9.84 Å². The zero-order valence-electron chi connectivity index (χ0n) is 25.8. The van der Waals surface area contributed by atoms with E-state index in [1.165, 1.54) is 68.9 Å². The highest BCUT2D eigenvalue weighted by molar-refractivity contribution is 5.66. The van der Waals surface area contributed by atoms with E-state index in [0.717, 1.165) is 50.7 Å². The number of carbonyl (C=O) groups is 1. The Morgan fingerprint density at radius 1 is 0.881 bits per heavy atom. The molecule has 0 spiro atoms. The summed E-state index contributed by atoms with van der Waals surface area (Å²) in [4.78, 5) is 10.7. The van der Waals surface area contributed by atoms with E-state index in [9.17, 15) is 9.90 Å². The third-order valence-corrected chi connectivity index (χ3v) is 12.6. The lowest BCUT2D eigenvalue weighted by atomic mass is 9.45. The van der Waals surface area contributed by atoms with Crippen LogP contribution in [0.5, 0.6) is 5.75 Å². The van der Waals surface area contributed by atoms with Gasteiger partial charge in [-0.15, -0.1) is 0 Å². The minimum absolute atomic E-state index is 0.0797. The minimum Gasteiger partial charge on any atom is -0.489 e. The first-order chi connectivity index (χ1) is 20.4. The van der Waals surface area contributed by atoms with Gasteiger partial charge in [0.25, 0.3) is 0 Å². The maximum Gasteiger partial charge on any atom is 0.303 e. The van der Waals surface area contributed by atoms with E-state index in [0.29, 0.717) is 36.2 Å². The molecule has 2 aromatic rings. The number of carboxylic acid groups (broad SMARTS) is 1. The van der Waals surface area contributed by atoms with Crippen LogP contribution in [0, 0.1) is 22.7 Å². The van der Waals surface area contributed by atoms with Crippen LogP contribution < -0.4 is 4.74 Å². The lowest BCUT2D eigenvalue weighted by Gasteiger charge is -2.59. The third-order valence-electron chi connectivity index (χ3n) is 12.6. The number of ether oxygens (including phenoxy) is 1. The molecule has 4 aliphatic rings. The largest absolute Gasteiger partial charge is 0.489 e. The highest BCUT2D eigenvalue weighted by atomic mass is 16.5. The number of carboxylic acids is 1. The molecule has 4 aliphatic carbocycles. The average Bonchev–Trinajstić information content (AvgIpc) is 3.37. The van der Waals surface area contributed by atoms with E-state index in [2.05, 4.69) is 49.4 Å². The van der Waals surface area contributed by atoms with Crippen molar-refractivity contribution in [2.24, 2.45) is 22.7 Å². The van der Waals surface area contributed by atoms with Gasteiger partial charge in [0.2, 0.25) is 0 Å². The fraction of sp³-hybridized carbons (Fsp3) is 0.658. The summed E-state index contributed by atoms with van der Waals surface area (Å²) in [6.45, 7) is 3.07. The first-order valence-corrected chi connectivity index (χ1v) is 17.1. The van der Waals surface area contributed by atoms with Crippen molar-refractivity contribution in [1.29, 1.82) is 0 Å². The number of hydrogen-bond donors (Lipinski definition) is 2. The molecule has 6 rings (SSSR count). The predicted octanol–water partition coefficient (Wildman–Crippen LogP) is 9.23. The first kappa shape index (κ1) is 29.7. The Hall–Kier alpha value is -2.33. The molecule has 42 heavy (non-hydrogen) atoms. The maximum absolute atomic E-state index is 11.8. The van der Waals surface area contributed by atoms with Crippen LogP contribution in [0.25, 0.3) is 0 Å². The highest BCUT2D eigenvalue weighted by Crippen LogP contribution is 2.78. The van der Waals surface area contributed by atoms with Crippen molar-refractivity contribution >= 4 is 5.97 Å². The van der Waals surface area contributed by atoms with Crippen molar-refractivity contribution in [2.75, 3.05) is 0 Å². The number of benzene rings is 2. The average molecular weight is 573 g/mol. The molecule has 4 nitrogen and oxygen atoms in total. The number of fused-ring (bicyclic) bond motifs is 3. The normalized spacial score (nSPS) is 32.7. The Kier molecular flexibility index (Phi) is 8.74. The van der Waals surface area contributed by atoms with Gasteiger partial charge >= 0.3 is 5.97 Å². The molecule has 228 valence electrons. The maximum atomic E-state index is 11.8. The van der Waals surface area contributed by atoms with Gasteiger partial charge in [-0.2, -0.15) is 0 Å². The van der Waals surface area contributed by atoms with Crippen LogP contribution in [0.4, 0.5) is 0 Å². The van der Waals surface area contributed by atoms with Crippen LogP contribution in [0.2, 0.25) is 0 Å². The molecule has 2 N–H and O–H groups in total. The highest BCUT2D eigenvalue weighted by Gasteiger charge is 2.74. The zero-order valence-corrected chi connectivity index (χ0v) is 25.8. The van der Waals surface area contributed by atoms with Crippen molar-refractivity contribution < 1.29 is 19.7 Å². The zero-order chi connectivity index (χ0) is 29.2. The molecular weight excluding hydrogens is 520 g/mol. The van der Waals surface area contributed by atoms with Crippen LogP contribution in [-0.2, 0) is 17.8 Å². The Labute approximate surface area is 253 Å². The SMILES string of the molecule is C[C@]12CCC3c4ccc(OCc5ccccc5)cc4C[C@@H](CCCCCCCCCCC(=O)O)C3[C@]13CC[C@]2(O)CC3. The van der Waals surface area contributed by atoms with Crippen molar-refractivity contribution in [3.05, 3.63) is 65.2 Å². The van der Waals surface area contributed by atoms with E-state index in [1.807, 2.05) is 6.07 Å². The Morgan fingerprint density at radius 2 is 1.57 bits per heavy atom. The molecular formula is C38H52O4. The van der Waals surface area contributed by atoms with E-state index in [1.54, 1.807) is 5.56 Å². The topological polar surface area (TPSA) is 66.8 Å². The number of hydrogen-bond acceptors (Lipinski definition) is 3. The van der Waals surface area contributed by atoms with Gasteiger partial charge < -0.3 is 14.9 Å². The summed E-state index contributed by atoms with van der Waals surface area (Å²) in [6.07, 6.45) is 19.0. The summed E-state index contributed by atoms with van der Waals surface area (Å²) in [7, 11) is 0. The standard InChI is InChI=1S/C38H52O4/c1-36-20-19-33-32-18-17-31(42-27-28-13-9-8-10-14-28)26-30(32)25-29(35(33)37(36)21-23-38(36,41)24-22-37)15-11-6-4-2-3-5-7-12-16-34(39)40/h8-10,13-14,17-18,26,29,33,35,41H,2-7,11-12,15-16,19-25,27H2,1H3,(H,39,40)/t29-,33?,35?,36+,37-,38+/m1/s1. The van der Waals surface area contributed by atoms with Crippen molar-refractivity contribution in [3.8, 4) is 5.75 Å². The van der Waals surface area contributed by atoms with Crippen molar-refractivity contribution in [2.45, 2.75) is 134 Å². The molecule has 3 fully saturated rings. The lowest BCUT2D eigenvalue weighted by Crippen LogP contribution is -2.54. The van der Waals surface area contributed by atoms with Crippen molar-refractivity contribution in [3.63, 3.8) is 0 Å². The van der Waals surface area contributed by atoms with E-state index < -0.39 is 11.6 Å². The second-order valence-corrected chi connectivity index (χ2v) is 14.6. The fourth-order valence-electron chi connectivity index (χ4n) is 10.4. The second-order valence-electron chi connectivity index (χ2n) is 14.6. The smallest absolute Gasteiger partial charge is 0.303 e. The molecule has 0 saturated heterocycles. The molecule has 3 saturated carbocycles. The molecule has 0 aliphatic heterocycles. The molecule has 2 aromatic carbocycles. The van der Waals surface area contributed by atoms with Gasteiger partial charge in [0, 0.05) is 11.8 Å². The quantitative estimate of drug-likeness (QED) is 0.221. The molecule has 0 aromatic heterocycles. The summed E-state index contributed by atoms with van der Waals surface area (Å²) in [6, 6.07) is 17.4. The summed E-state index contributed by atoms with van der Waals surface area (Å²) >= 11 is 0. The Morgan fingerprint density at radius 3 is 2.29 bits per heavy atom. The molecule has 0 radical (unpaired) electrons. The number of aliphatic hydroxyl groups is 1. The summed E-state index contributed by atoms with van der Waals surface area (Å²) in [5, 5.41) is 20.6. The van der Waals surface area contributed by atoms with Crippen LogP contribution in [-0.4, -0.2) is 21.8 Å². The summed E-state index contributed by atoms with van der Waals surface area (Å²) < 4.78 is 6.29. The number of aliphatic carboxylic acids is 1. The van der Waals surface area contributed by atoms with Crippen LogP contribution in [0.15, 0.2) is 48.5 Å². The van der Waals surface area contributed by atoms with Gasteiger partial charge in [-0.25, -0.2) is 0 Å². The van der Waals surface area contributed by atoms with E-state index in [-0.39, 0.29) is 5.41 Å². The van der Waals surface area contributed by atoms with Gasteiger partial charge in [-0.1, -0.05) is 88.3 Å². The predicted molar refractivity (Wildman–Crippen MR) is 168 cm³/mol. The third kappa shape index (κ3) is 5.42. The number of unbranched alkanes of at least 4 members (excludes halogenated alkanes) is 7. The summed E-state index contributed by atoms with van der Waals surface area (Å²) in [5.74, 6) is 2.30. The van der Waals surface area contributed by atoms with Crippen LogP contribution in [0.1, 0.15) is 132 Å². The first-order valence-electron chi connectivity index (χ1n) is 17.1. The Bertz CT molecular complexity index is 1210. The molecule has 4 heteroatoms. The van der Waals surface area contributed by atoms with Gasteiger partial charge in [0.1, 0.15) is 12.4 Å². The van der Waals surface area contributed by atoms with Crippen molar-refractivity contribution in [1.82, 2.24) is 0 Å². The minimum atomic E-state index is -0.670. The molecule has 4 atom stereocenters. The van der Waals surface area contributed by atoms with E-state index >= 15 is 0 Å². The molecule has 0 amide bonds. The molecule has 2 unspecified atom stereocenters. The summed E-state index contributed by atoms with van der Waals surface area (Å²) in [5.41, 5.74) is 4.22. The van der Waals surface area contributed by atoms with Gasteiger partial charge in [0.15, 0.2) is 0 Å². The molecule has 0 heterocycles. The fourth-order valence-corrected chi connectivity index (χ4v) is 10.4.